The molecule has 21 heteroatoms. The summed E-state index contributed by atoms with van der Waals surface area (Å²) in [5.41, 5.74) is 2.95. The number of nitrogens with one attached hydrogen (secondary N) is 4. The standard InChI is InChI=1S/C48H45Cl5N8O8/c1-23(49)35-10-8-12-39(68-6)43(35)56-45(64)28-16-30(52)20-33(18-28)58-60-41(26(4)62)47(66)54-32-14-15-38(37(22-32)25(3)51)55-48(67)42(27(5)63)61-59-34-19-29(17-31(53)21-34)46(65)57-44-36(24(2)50)11-9-13-40(44)69-7/h8-25,41-42H,1-7H3,(H,54,66)(H,55,67)(H,56,64)(H,57,65). The number of nitrogens with zero attached hydrogens (tertiary/aromatic N) is 4. The van der Waals surface area contributed by atoms with Crippen molar-refractivity contribution in [3.8, 4) is 11.5 Å². The van der Waals surface area contributed by atoms with Gasteiger partial charge in [0, 0.05) is 32.5 Å². The molecular weight excluding hydrogens is 994 g/mol. The number of benzene rings is 5. The Morgan fingerprint density at radius 1 is 0.522 bits per heavy atom. The van der Waals surface area contributed by atoms with Gasteiger partial charge in [-0.1, -0.05) is 47.5 Å². The van der Waals surface area contributed by atoms with Gasteiger partial charge >= 0.3 is 0 Å². The summed E-state index contributed by atoms with van der Waals surface area (Å²) in [4.78, 5) is 79.3. The molecule has 5 unspecified atom stereocenters. The van der Waals surface area contributed by atoms with Gasteiger partial charge in [0.05, 0.1) is 53.1 Å². The van der Waals surface area contributed by atoms with Gasteiger partial charge in [-0.2, -0.15) is 20.5 Å². The molecule has 4 amide bonds. The average molecular weight is 1040 g/mol. The summed E-state index contributed by atoms with van der Waals surface area (Å²) in [6, 6.07) is 19.7. The predicted octanol–water partition coefficient (Wildman–Crippen LogP) is 12.8. The Kier molecular flexibility index (Phi) is 18.8. The topological polar surface area (TPSA) is 218 Å². The first-order valence-corrected chi connectivity index (χ1v) is 22.9. The molecule has 0 aliphatic rings. The van der Waals surface area contributed by atoms with Crippen LogP contribution in [0, 0.1) is 0 Å². The first-order chi connectivity index (χ1) is 32.7. The number of amides is 4. The van der Waals surface area contributed by atoms with Crippen molar-refractivity contribution in [3.63, 3.8) is 0 Å². The summed E-state index contributed by atoms with van der Waals surface area (Å²) in [6.45, 7) is 7.41. The number of ether oxygens (including phenoxy) is 2. The highest BCUT2D eigenvalue weighted by Gasteiger charge is 2.27. The smallest absolute Gasteiger partial charge is 0.258 e. The number of anilines is 4. The quantitative estimate of drug-likeness (QED) is 0.0353. The molecule has 0 aliphatic heterocycles. The highest BCUT2D eigenvalue weighted by molar-refractivity contribution is 6.32. The molecule has 0 fully saturated rings. The Labute approximate surface area is 422 Å². The minimum absolute atomic E-state index is 0.0670. The molecule has 69 heavy (non-hydrogen) atoms. The summed E-state index contributed by atoms with van der Waals surface area (Å²) in [5.74, 6) is -3.41. The number of alkyl halides is 3. The van der Waals surface area contributed by atoms with Gasteiger partial charge in [0.1, 0.15) is 11.5 Å². The van der Waals surface area contributed by atoms with Crippen LogP contribution in [-0.4, -0.2) is 61.5 Å². The molecule has 0 aromatic heterocycles. The van der Waals surface area contributed by atoms with Crippen LogP contribution >= 0.6 is 58.0 Å². The minimum Gasteiger partial charge on any atom is -0.495 e. The fourth-order valence-electron chi connectivity index (χ4n) is 6.64. The maximum absolute atomic E-state index is 13.6. The van der Waals surface area contributed by atoms with Crippen LogP contribution in [0.25, 0.3) is 0 Å². The van der Waals surface area contributed by atoms with Gasteiger partial charge in [-0.15, -0.1) is 34.8 Å². The molecule has 5 atom stereocenters. The Balaban J connectivity index is 1.30. The number of carbonyl (C=O) groups excluding carboxylic acids is 6. The van der Waals surface area contributed by atoms with E-state index >= 15 is 0 Å². The molecule has 5 aromatic rings. The lowest BCUT2D eigenvalue weighted by Crippen LogP contribution is -2.32. The second-order valence-electron chi connectivity index (χ2n) is 15.2. The molecule has 0 bridgehead atoms. The van der Waals surface area contributed by atoms with E-state index in [0.717, 1.165) is 13.8 Å². The van der Waals surface area contributed by atoms with Crippen LogP contribution in [-0.2, 0) is 19.2 Å². The molecule has 5 rings (SSSR count). The van der Waals surface area contributed by atoms with E-state index in [1.54, 1.807) is 57.2 Å². The number of ketones is 2. The van der Waals surface area contributed by atoms with Gasteiger partial charge in [-0.3, -0.25) is 28.8 Å². The Morgan fingerprint density at radius 2 is 0.942 bits per heavy atom. The third kappa shape index (κ3) is 14.1. The third-order valence-electron chi connectivity index (χ3n) is 10.0. The number of para-hydroxylation sites is 2. The Morgan fingerprint density at radius 3 is 1.33 bits per heavy atom. The van der Waals surface area contributed by atoms with E-state index in [2.05, 4.69) is 41.7 Å². The number of azo groups is 2. The lowest BCUT2D eigenvalue weighted by molar-refractivity contribution is -0.127. The Hall–Kier alpha value is -6.43. The van der Waals surface area contributed by atoms with Crippen LogP contribution in [0.5, 0.6) is 11.5 Å². The molecule has 0 saturated heterocycles. The third-order valence-corrected chi connectivity index (χ3v) is 11.2. The summed E-state index contributed by atoms with van der Waals surface area (Å²) in [6.07, 6.45) is 0. The van der Waals surface area contributed by atoms with Gasteiger partial charge in [0.25, 0.3) is 23.6 Å². The number of hydrogen-bond acceptors (Lipinski definition) is 12. The van der Waals surface area contributed by atoms with Crippen molar-refractivity contribution >= 4 is 127 Å². The van der Waals surface area contributed by atoms with Crippen molar-refractivity contribution in [1.29, 1.82) is 0 Å². The average Bonchev–Trinajstić information content (AvgIpc) is 3.28. The van der Waals surface area contributed by atoms with Crippen molar-refractivity contribution in [1.82, 2.24) is 0 Å². The van der Waals surface area contributed by atoms with E-state index in [1.807, 2.05) is 0 Å². The van der Waals surface area contributed by atoms with Crippen LogP contribution in [0.15, 0.2) is 111 Å². The van der Waals surface area contributed by atoms with Gasteiger partial charge in [0.15, 0.2) is 11.6 Å². The highest BCUT2D eigenvalue weighted by atomic mass is 35.5. The first-order valence-electron chi connectivity index (χ1n) is 20.8. The molecule has 0 saturated carbocycles. The lowest BCUT2D eigenvalue weighted by Gasteiger charge is -2.17. The van der Waals surface area contributed by atoms with E-state index in [-0.39, 0.29) is 43.9 Å². The second kappa shape index (κ2) is 24.2. The van der Waals surface area contributed by atoms with Gasteiger partial charge < -0.3 is 30.7 Å². The number of methoxy groups -OCH3 is 2. The molecule has 0 spiro atoms. The first kappa shape index (κ1) is 53.5. The SMILES string of the molecule is COc1cccc(C(C)Cl)c1NC(=O)c1cc(Cl)cc(N=NC(C(C)=O)C(=O)Nc2ccc(NC(=O)C(N=Nc3cc(Cl)cc(C(=O)Nc4c(OC)cccc4C(C)Cl)c3)C(C)=O)c(C(C)Cl)c2)c1. The summed E-state index contributed by atoms with van der Waals surface area (Å²) >= 11 is 31.9. The molecule has 360 valence electrons. The van der Waals surface area contributed by atoms with Crippen LogP contribution in [0.4, 0.5) is 34.1 Å². The minimum atomic E-state index is -1.65. The molecule has 16 nitrogen and oxygen atoms in total. The zero-order valence-electron chi connectivity index (χ0n) is 38.0. The summed E-state index contributed by atoms with van der Waals surface area (Å²) < 4.78 is 10.8. The molecule has 0 aliphatic carbocycles. The zero-order valence-corrected chi connectivity index (χ0v) is 41.8. The van der Waals surface area contributed by atoms with Gasteiger partial charge in [-0.25, -0.2) is 0 Å². The van der Waals surface area contributed by atoms with Gasteiger partial charge in [0.2, 0.25) is 12.1 Å². The molecular formula is C48H45Cl5N8O8. The number of Topliss-reactive ketones (excluding diaryl/α,β-unsaturated/α-hetero) is 2. The summed E-state index contributed by atoms with van der Waals surface area (Å²) in [7, 11) is 2.91. The van der Waals surface area contributed by atoms with Crippen molar-refractivity contribution in [3.05, 3.63) is 129 Å². The molecule has 5 aromatic carbocycles. The fraction of sp³-hybridized carbons (Fsp3) is 0.250. The maximum Gasteiger partial charge on any atom is 0.258 e. The monoisotopic (exact) mass is 1040 g/mol. The number of halogens is 5. The normalized spacial score (nSPS) is 13.4. The van der Waals surface area contributed by atoms with Crippen LogP contribution < -0.4 is 30.7 Å². The van der Waals surface area contributed by atoms with Crippen LogP contribution in [0.1, 0.15) is 88.2 Å². The van der Waals surface area contributed by atoms with E-state index in [9.17, 15) is 28.8 Å². The number of carbonyl (C=O) groups is 6. The van der Waals surface area contributed by atoms with E-state index < -0.39 is 63.4 Å². The maximum atomic E-state index is 13.6. The zero-order chi connectivity index (χ0) is 50.7. The van der Waals surface area contributed by atoms with Gasteiger partial charge in [-0.05, 0) is 118 Å². The number of rotatable bonds is 19. The summed E-state index contributed by atoms with van der Waals surface area (Å²) in [5, 5.41) is 25.6. The van der Waals surface area contributed by atoms with Crippen LogP contribution in [0.3, 0.4) is 0 Å². The predicted molar refractivity (Wildman–Crippen MR) is 269 cm³/mol. The Bertz CT molecular complexity index is 2860. The van der Waals surface area contributed by atoms with E-state index in [1.165, 1.54) is 68.8 Å². The highest BCUT2D eigenvalue weighted by Crippen LogP contribution is 2.38. The largest absolute Gasteiger partial charge is 0.495 e. The van der Waals surface area contributed by atoms with Crippen molar-refractivity contribution < 1.29 is 38.2 Å². The van der Waals surface area contributed by atoms with Crippen molar-refractivity contribution in [2.75, 3.05) is 35.5 Å². The lowest BCUT2D eigenvalue weighted by atomic mass is 10.1. The van der Waals surface area contributed by atoms with E-state index in [0.29, 0.717) is 39.6 Å². The molecule has 0 radical (unpaired) electrons. The fourth-order valence-corrected chi connectivity index (χ4v) is 7.65. The molecule has 4 N–H and O–H groups in total. The van der Waals surface area contributed by atoms with Crippen molar-refractivity contribution in [2.24, 2.45) is 20.5 Å². The molecule has 0 heterocycles. The van der Waals surface area contributed by atoms with Crippen molar-refractivity contribution in [2.45, 2.75) is 62.8 Å². The number of hydrogen-bond donors (Lipinski definition) is 4. The second-order valence-corrected chi connectivity index (χ2v) is 18.1. The van der Waals surface area contributed by atoms with E-state index in [4.69, 9.17) is 67.5 Å². The van der Waals surface area contributed by atoms with Crippen LogP contribution in [0.2, 0.25) is 10.0 Å².